The van der Waals surface area contributed by atoms with Crippen molar-refractivity contribution in [1.82, 2.24) is 0 Å². The van der Waals surface area contributed by atoms with E-state index in [9.17, 15) is 4.79 Å². The minimum atomic E-state index is -0.606. The molecule has 0 heterocycles. The van der Waals surface area contributed by atoms with Gasteiger partial charge in [-0.05, 0) is 25.0 Å². The van der Waals surface area contributed by atoms with Crippen molar-refractivity contribution in [3.63, 3.8) is 0 Å². The number of nitrogens with one attached hydrogen (secondary N) is 1. The number of benzene rings is 1. The van der Waals surface area contributed by atoms with E-state index in [2.05, 4.69) is 5.32 Å². The normalized spacial score (nSPS) is 17.2. The number of thiocarbonyl (C=S) groups is 1. The van der Waals surface area contributed by atoms with Crippen LogP contribution in [-0.2, 0) is 4.79 Å². The smallest absolute Gasteiger partial charge is 0.237 e. The number of nitrogens with two attached hydrogens (primary N) is 1. The Hall–Kier alpha value is -1.42. The van der Waals surface area contributed by atoms with Crippen molar-refractivity contribution in [2.24, 2.45) is 11.1 Å². The number of para-hydroxylation sites is 1. The van der Waals surface area contributed by atoms with Crippen LogP contribution in [0.25, 0.3) is 0 Å². The summed E-state index contributed by atoms with van der Waals surface area (Å²) in [4.78, 5) is 12.4. The number of hydrogen-bond acceptors (Lipinski definition) is 2. The van der Waals surface area contributed by atoms with Gasteiger partial charge in [-0.3, -0.25) is 4.79 Å². The van der Waals surface area contributed by atoms with E-state index in [4.69, 9.17) is 18.0 Å². The highest BCUT2D eigenvalue weighted by atomic mass is 32.1. The zero-order chi connectivity index (χ0) is 11.6. The van der Waals surface area contributed by atoms with Gasteiger partial charge in [0.1, 0.15) is 0 Å². The lowest BCUT2D eigenvalue weighted by molar-refractivity contribution is -0.125. The molecule has 1 fully saturated rings. The molecule has 4 heteroatoms. The average molecular weight is 234 g/mol. The third-order valence-electron chi connectivity index (χ3n) is 3.15. The fourth-order valence-electron chi connectivity index (χ4n) is 1.89. The highest BCUT2D eigenvalue weighted by molar-refractivity contribution is 7.80. The van der Waals surface area contributed by atoms with Crippen molar-refractivity contribution in [3.05, 3.63) is 30.3 Å². The highest BCUT2D eigenvalue weighted by Gasteiger charge is 2.46. The van der Waals surface area contributed by atoms with E-state index in [1.54, 1.807) is 0 Å². The lowest BCUT2D eigenvalue weighted by Crippen LogP contribution is -2.50. The second kappa shape index (κ2) is 4.22. The predicted molar refractivity (Wildman–Crippen MR) is 68.1 cm³/mol. The first-order valence-corrected chi connectivity index (χ1v) is 5.72. The molecule has 1 aliphatic rings. The van der Waals surface area contributed by atoms with Crippen LogP contribution in [0.4, 0.5) is 5.69 Å². The summed E-state index contributed by atoms with van der Waals surface area (Å²) in [5.74, 6) is -0.0718. The van der Waals surface area contributed by atoms with E-state index in [0.29, 0.717) is 4.99 Å². The fourth-order valence-corrected chi connectivity index (χ4v) is 2.18. The topological polar surface area (TPSA) is 55.1 Å². The number of amides is 1. The summed E-state index contributed by atoms with van der Waals surface area (Å²) < 4.78 is 0. The molecule has 3 nitrogen and oxygen atoms in total. The third kappa shape index (κ3) is 1.80. The molecular weight excluding hydrogens is 220 g/mol. The van der Waals surface area contributed by atoms with Crippen LogP contribution in [0, 0.1) is 5.41 Å². The molecule has 16 heavy (non-hydrogen) atoms. The van der Waals surface area contributed by atoms with Gasteiger partial charge in [0.25, 0.3) is 0 Å². The molecule has 1 aromatic rings. The monoisotopic (exact) mass is 234 g/mol. The lowest BCUT2D eigenvalue weighted by atomic mass is 9.68. The highest BCUT2D eigenvalue weighted by Crippen LogP contribution is 2.42. The van der Waals surface area contributed by atoms with E-state index in [-0.39, 0.29) is 5.91 Å². The Balaban J connectivity index is 2.11. The Morgan fingerprint density at radius 2 is 1.94 bits per heavy atom. The average Bonchev–Trinajstić information content (AvgIpc) is 2.16. The molecule has 1 aliphatic carbocycles. The molecule has 3 N–H and O–H groups in total. The molecule has 0 radical (unpaired) electrons. The first-order valence-electron chi connectivity index (χ1n) is 5.31. The molecule has 0 unspecified atom stereocenters. The predicted octanol–water partition coefficient (Wildman–Crippen LogP) is 2.08. The van der Waals surface area contributed by atoms with Crippen molar-refractivity contribution in [2.75, 3.05) is 5.32 Å². The van der Waals surface area contributed by atoms with Crippen molar-refractivity contribution in [1.29, 1.82) is 0 Å². The first kappa shape index (κ1) is 11.1. The van der Waals surface area contributed by atoms with Gasteiger partial charge < -0.3 is 11.1 Å². The van der Waals surface area contributed by atoms with Crippen molar-refractivity contribution in [3.8, 4) is 0 Å². The fraction of sp³-hybridized carbons (Fsp3) is 0.333. The maximum absolute atomic E-state index is 12.1. The summed E-state index contributed by atoms with van der Waals surface area (Å²) in [5.41, 5.74) is 5.84. The lowest BCUT2D eigenvalue weighted by Gasteiger charge is -2.39. The molecule has 1 saturated carbocycles. The van der Waals surface area contributed by atoms with Gasteiger partial charge in [0.05, 0.1) is 10.4 Å². The number of carbonyl (C=O) groups is 1. The van der Waals surface area contributed by atoms with Crippen LogP contribution in [0.2, 0.25) is 0 Å². The summed E-state index contributed by atoms with van der Waals surface area (Å²) in [6.45, 7) is 0. The van der Waals surface area contributed by atoms with Crippen LogP contribution >= 0.6 is 12.2 Å². The van der Waals surface area contributed by atoms with Crippen LogP contribution in [0.5, 0.6) is 0 Å². The summed E-state index contributed by atoms with van der Waals surface area (Å²) in [5, 5.41) is 2.86. The Labute approximate surface area is 100 Å². The summed E-state index contributed by atoms with van der Waals surface area (Å²) in [7, 11) is 0. The Kier molecular flexibility index (Phi) is 2.92. The molecule has 84 valence electrons. The molecule has 0 bridgehead atoms. The molecule has 1 amide bonds. The van der Waals surface area contributed by atoms with Gasteiger partial charge in [-0.2, -0.15) is 0 Å². The number of anilines is 1. The van der Waals surface area contributed by atoms with E-state index >= 15 is 0 Å². The Bertz CT molecular complexity index is 412. The maximum Gasteiger partial charge on any atom is 0.237 e. The Morgan fingerprint density at radius 1 is 1.31 bits per heavy atom. The molecule has 0 atom stereocenters. The van der Waals surface area contributed by atoms with Crippen LogP contribution in [0.1, 0.15) is 19.3 Å². The van der Waals surface area contributed by atoms with Gasteiger partial charge in [0.2, 0.25) is 5.91 Å². The molecule has 0 aromatic heterocycles. The van der Waals surface area contributed by atoms with Gasteiger partial charge in [0, 0.05) is 5.69 Å². The molecular formula is C12H14N2OS. The van der Waals surface area contributed by atoms with E-state index in [1.165, 1.54) is 0 Å². The maximum atomic E-state index is 12.1. The minimum Gasteiger partial charge on any atom is -0.392 e. The third-order valence-corrected chi connectivity index (χ3v) is 3.54. The van der Waals surface area contributed by atoms with Crippen LogP contribution < -0.4 is 11.1 Å². The number of hydrogen-bond donors (Lipinski definition) is 2. The molecule has 0 saturated heterocycles. The van der Waals surface area contributed by atoms with Gasteiger partial charge >= 0.3 is 0 Å². The SMILES string of the molecule is NC(=S)C1(C(=O)Nc2ccccc2)CCC1. The molecule has 0 aliphatic heterocycles. The second-order valence-electron chi connectivity index (χ2n) is 4.12. The van der Waals surface area contributed by atoms with E-state index in [0.717, 1.165) is 24.9 Å². The molecule has 1 aromatic carbocycles. The number of carbonyl (C=O) groups excluding carboxylic acids is 1. The number of rotatable bonds is 3. The van der Waals surface area contributed by atoms with Crippen LogP contribution in [0.15, 0.2) is 30.3 Å². The van der Waals surface area contributed by atoms with E-state index in [1.807, 2.05) is 30.3 Å². The first-order chi connectivity index (χ1) is 7.65. The molecule has 0 spiro atoms. The quantitative estimate of drug-likeness (QED) is 0.787. The standard InChI is InChI=1S/C12H14N2OS/c13-10(16)12(7-4-8-12)11(15)14-9-5-2-1-3-6-9/h1-3,5-6H,4,7-8H2,(H2,13,16)(H,14,15). The van der Waals surface area contributed by atoms with Crippen molar-refractivity contribution in [2.45, 2.75) is 19.3 Å². The largest absolute Gasteiger partial charge is 0.392 e. The van der Waals surface area contributed by atoms with Gasteiger partial charge in [-0.15, -0.1) is 0 Å². The van der Waals surface area contributed by atoms with Crippen molar-refractivity contribution >= 4 is 28.8 Å². The Morgan fingerprint density at radius 3 is 2.38 bits per heavy atom. The summed E-state index contributed by atoms with van der Waals surface area (Å²) in [6.07, 6.45) is 2.54. The van der Waals surface area contributed by atoms with Crippen LogP contribution in [-0.4, -0.2) is 10.9 Å². The summed E-state index contributed by atoms with van der Waals surface area (Å²) in [6, 6.07) is 9.36. The second-order valence-corrected chi connectivity index (χ2v) is 4.56. The van der Waals surface area contributed by atoms with Gasteiger partial charge in [-0.1, -0.05) is 36.8 Å². The molecule has 2 rings (SSSR count). The van der Waals surface area contributed by atoms with Crippen LogP contribution in [0.3, 0.4) is 0 Å². The van der Waals surface area contributed by atoms with Gasteiger partial charge in [-0.25, -0.2) is 0 Å². The van der Waals surface area contributed by atoms with E-state index < -0.39 is 5.41 Å². The minimum absolute atomic E-state index is 0.0718. The van der Waals surface area contributed by atoms with Gasteiger partial charge in [0.15, 0.2) is 0 Å². The van der Waals surface area contributed by atoms with Crippen molar-refractivity contribution < 1.29 is 4.79 Å². The zero-order valence-corrected chi connectivity index (χ0v) is 9.72. The zero-order valence-electron chi connectivity index (χ0n) is 8.90. The summed E-state index contributed by atoms with van der Waals surface area (Å²) >= 11 is 4.99.